The third kappa shape index (κ3) is 1.58. The Kier molecular flexibility index (Phi) is 1.84. The van der Waals surface area contributed by atoms with Crippen LogP contribution in [-0.2, 0) is 0 Å². The van der Waals surface area contributed by atoms with Gasteiger partial charge in [-0.1, -0.05) is 6.07 Å². The molecule has 13 heavy (non-hydrogen) atoms. The van der Waals surface area contributed by atoms with E-state index in [1.807, 2.05) is 0 Å². The van der Waals surface area contributed by atoms with Gasteiger partial charge in [0.25, 0.3) is 5.56 Å². The molecule has 0 atom stereocenters. The van der Waals surface area contributed by atoms with Gasteiger partial charge in [-0.15, -0.1) is 0 Å². The molecule has 0 aliphatic carbocycles. The zero-order valence-electron chi connectivity index (χ0n) is 6.77. The molecule has 0 amide bonds. The van der Waals surface area contributed by atoms with Crippen molar-refractivity contribution in [2.75, 3.05) is 5.43 Å². The lowest BCUT2D eigenvalue weighted by Gasteiger charge is -2.03. The number of pyridine rings is 1. The van der Waals surface area contributed by atoms with Gasteiger partial charge in [-0.2, -0.15) is 5.10 Å². The highest BCUT2D eigenvalue weighted by Crippen LogP contribution is 1.97. The van der Waals surface area contributed by atoms with Gasteiger partial charge in [-0.3, -0.25) is 15.3 Å². The summed E-state index contributed by atoms with van der Waals surface area (Å²) in [4.78, 5) is 11.2. The van der Waals surface area contributed by atoms with Crippen molar-refractivity contribution >= 4 is 5.82 Å². The van der Waals surface area contributed by atoms with Crippen LogP contribution in [0.2, 0.25) is 0 Å². The maximum Gasteiger partial charge on any atom is 0.269 e. The van der Waals surface area contributed by atoms with Crippen LogP contribution in [0.25, 0.3) is 0 Å². The topological polar surface area (TPSA) is 62.7 Å². The Labute approximate surface area is 74.0 Å². The molecule has 2 aromatic rings. The fourth-order valence-electron chi connectivity index (χ4n) is 0.966. The van der Waals surface area contributed by atoms with Gasteiger partial charge in [0.15, 0.2) is 5.82 Å². The summed E-state index contributed by atoms with van der Waals surface area (Å²) in [6.07, 6.45) is 3.31. The third-order valence-corrected chi connectivity index (χ3v) is 1.56. The van der Waals surface area contributed by atoms with Gasteiger partial charge in [0.2, 0.25) is 0 Å². The van der Waals surface area contributed by atoms with Crippen molar-refractivity contribution < 1.29 is 0 Å². The molecule has 0 spiro atoms. The molecule has 0 bridgehead atoms. The quantitative estimate of drug-likeness (QED) is 0.698. The molecule has 5 nitrogen and oxygen atoms in total. The van der Waals surface area contributed by atoms with E-state index in [0.717, 1.165) is 0 Å². The maximum atomic E-state index is 11.2. The summed E-state index contributed by atoms with van der Waals surface area (Å²) in [5.74, 6) is 0.605. The highest BCUT2D eigenvalue weighted by Gasteiger charge is 1.94. The number of hydrogen-bond donors (Lipinski definition) is 2. The van der Waals surface area contributed by atoms with Gasteiger partial charge in [-0.25, -0.2) is 4.68 Å². The van der Waals surface area contributed by atoms with E-state index < -0.39 is 0 Å². The fourth-order valence-corrected chi connectivity index (χ4v) is 0.966. The number of hydrogen-bond acceptors (Lipinski definition) is 3. The molecule has 0 saturated heterocycles. The Balaban J connectivity index is 2.29. The second-order valence-corrected chi connectivity index (χ2v) is 2.48. The molecule has 0 saturated carbocycles. The first-order valence-electron chi connectivity index (χ1n) is 3.81. The number of aromatic amines is 1. The molecule has 0 fully saturated rings. The molecule has 0 aromatic carbocycles. The van der Waals surface area contributed by atoms with Gasteiger partial charge < -0.3 is 0 Å². The van der Waals surface area contributed by atoms with Crippen LogP contribution in [0.15, 0.2) is 41.5 Å². The van der Waals surface area contributed by atoms with Crippen LogP contribution in [0.3, 0.4) is 0 Å². The second kappa shape index (κ2) is 3.14. The van der Waals surface area contributed by atoms with Gasteiger partial charge in [0.05, 0.1) is 0 Å². The average Bonchev–Trinajstić information content (AvgIpc) is 2.61. The minimum atomic E-state index is -0.120. The summed E-state index contributed by atoms with van der Waals surface area (Å²) in [5.41, 5.74) is 2.69. The van der Waals surface area contributed by atoms with Gasteiger partial charge in [-0.05, 0) is 6.07 Å². The number of nitrogens with zero attached hydrogens (tertiary/aromatic N) is 2. The van der Waals surface area contributed by atoms with Crippen LogP contribution in [0.1, 0.15) is 0 Å². The summed E-state index contributed by atoms with van der Waals surface area (Å²) < 4.78 is 1.36. The number of H-pyrrole nitrogens is 1. The standard InChI is InChI=1S/C8H8N4O/c13-8-3-1-2-6-12(8)11-7-4-5-9-10-7/h1-6H,(H2,9,10,11). The van der Waals surface area contributed by atoms with Crippen molar-refractivity contribution in [3.05, 3.63) is 47.0 Å². The minimum Gasteiger partial charge on any atom is -0.284 e. The molecular weight excluding hydrogens is 168 g/mol. The van der Waals surface area contributed by atoms with Gasteiger partial charge in [0.1, 0.15) is 0 Å². The van der Waals surface area contributed by atoms with Crippen molar-refractivity contribution in [3.63, 3.8) is 0 Å². The van der Waals surface area contributed by atoms with Gasteiger partial charge >= 0.3 is 0 Å². The Hall–Kier alpha value is -2.04. The van der Waals surface area contributed by atoms with Crippen LogP contribution in [-0.4, -0.2) is 14.9 Å². The van der Waals surface area contributed by atoms with E-state index in [4.69, 9.17) is 0 Å². The van der Waals surface area contributed by atoms with Crippen LogP contribution in [0.4, 0.5) is 5.82 Å². The predicted molar refractivity (Wildman–Crippen MR) is 48.3 cm³/mol. The molecule has 2 rings (SSSR count). The van der Waals surface area contributed by atoms with E-state index in [9.17, 15) is 4.79 Å². The first-order valence-corrected chi connectivity index (χ1v) is 3.81. The van der Waals surface area contributed by atoms with E-state index in [1.54, 1.807) is 30.6 Å². The maximum absolute atomic E-state index is 11.2. The predicted octanol–water partition coefficient (Wildman–Crippen LogP) is 0.447. The van der Waals surface area contributed by atoms with E-state index in [-0.39, 0.29) is 5.56 Å². The van der Waals surface area contributed by atoms with Gasteiger partial charge in [0, 0.05) is 24.5 Å². The van der Waals surface area contributed by atoms with Crippen LogP contribution < -0.4 is 11.0 Å². The van der Waals surface area contributed by atoms with E-state index in [1.165, 1.54) is 10.7 Å². The smallest absolute Gasteiger partial charge is 0.269 e. The van der Waals surface area contributed by atoms with Crippen LogP contribution in [0.5, 0.6) is 0 Å². The Morgan fingerprint density at radius 2 is 2.31 bits per heavy atom. The molecule has 2 N–H and O–H groups in total. The van der Waals surface area contributed by atoms with Crippen molar-refractivity contribution in [2.24, 2.45) is 0 Å². The van der Waals surface area contributed by atoms with E-state index in [0.29, 0.717) is 5.82 Å². The minimum absolute atomic E-state index is 0.120. The first-order chi connectivity index (χ1) is 6.36. The molecule has 0 radical (unpaired) electrons. The molecule has 2 aromatic heterocycles. The number of aromatic nitrogens is 3. The Bertz CT molecular complexity index is 431. The SMILES string of the molecule is O=c1ccccn1Nc1cc[nH]n1. The van der Waals surface area contributed by atoms with Crippen molar-refractivity contribution in [3.8, 4) is 0 Å². The summed E-state index contributed by atoms with van der Waals surface area (Å²) >= 11 is 0. The summed E-state index contributed by atoms with van der Waals surface area (Å²) in [7, 11) is 0. The fraction of sp³-hybridized carbons (Fsp3) is 0. The van der Waals surface area contributed by atoms with E-state index in [2.05, 4.69) is 15.6 Å². The van der Waals surface area contributed by atoms with Crippen LogP contribution >= 0.6 is 0 Å². The van der Waals surface area contributed by atoms with E-state index >= 15 is 0 Å². The number of nitrogens with one attached hydrogen (secondary N) is 2. The average molecular weight is 176 g/mol. The largest absolute Gasteiger partial charge is 0.284 e. The lowest BCUT2D eigenvalue weighted by atomic mass is 10.5. The Morgan fingerprint density at radius 1 is 1.38 bits per heavy atom. The molecule has 0 unspecified atom stereocenters. The second-order valence-electron chi connectivity index (χ2n) is 2.48. The highest BCUT2D eigenvalue weighted by molar-refractivity contribution is 5.31. The molecular formula is C8H8N4O. The monoisotopic (exact) mass is 176 g/mol. The number of rotatable bonds is 2. The summed E-state index contributed by atoms with van der Waals surface area (Å²) in [6.45, 7) is 0. The lowest BCUT2D eigenvalue weighted by molar-refractivity contribution is 0.882. The van der Waals surface area contributed by atoms with Crippen molar-refractivity contribution in [1.29, 1.82) is 0 Å². The zero-order valence-corrected chi connectivity index (χ0v) is 6.77. The zero-order chi connectivity index (χ0) is 9.10. The van der Waals surface area contributed by atoms with Crippen LogP contribution in [0, 0.1) is 0 Å². The third-order valence-electron chi connectivity index (χ3n) is 1.56. The molecule has 0 aliphatic rings. The number of anilines is 1. The lowest BCUT2D eigenvalue weighted by Crippen LogP contribution is -2.24. The molecule has 66 valence electrons. The molecule has 5 heteroatoms. The summed E-state index contributed by atoms with van der Waals surface area (Å²) in [6, 6.07) is 6.66. The van der Waals surface area contributed by atoms with Crippen molar-refractivity contribution in [1.82, 2.24) is 14.9 Å². The highest BCUT2D eigenvalue weighted by atomic mass is 16.1. The molecule has 2 heterocycles. The first kappa shape index (κ1) is 7.60. The molecule has 0 aliphatic heterocycles. The summed E-state index contributed by atoms with van der Waals surface area (Å²) in [5, 5.41) is 6.50. The van der Waals surface area contributed by atoms with Crippen molar-refractivity contribution in [2.45, 2.75) is 0 Å². The Morgan fingerprint density at radius 3 is 3.00 bits per heavy atom. The normalized spacial score (nSPS) is 9.85.